The lowest BCUT2D eigenvalue weighted by atomic mass is 10.2. The summed E-state index contributed by atoms with van der Waals surface area (Å²) in [5, 5.41) is 9.17. The van der Waals surface area contributed by atoms with Gasteiger partial charge in [-0.2, -0.15) is 5.26 Å². The van der Waals surface area contributed by atoms with Gasteiger partial charge in [0.15, 0.2) is 0 Å². The SMILES string of the molecule is N#Cc1ccc(OCc2ccccc2)c(Cl)c1. The Labute approximate surface area is 105 Å². The van der Waals surface area contributed by atoms with Gasteiger partial charge in [-0.25, -0.2) is 0 Å². The van der Waals surface area contributed by atoms with Crippen molar-refractivity contribution in [3.05, 3.63) is 64.7 Å². The molecule has 0 saturated carbocycles. The van der Waals surface area contributed by atoms with Gasteiger partial charge < -0.3 is 4.74 Å². The lowest BCUT2D eigenvalue weighted by Gasteiger charge is -2.07. The van der Waals surface area contributed by atoms with Crippen molar-refractivity contribution in [1.82, 2.24) is 0 Å². The van der Waals surface area contributed by atoms with Crippen molar-refractivity contribution in [2.45, 2.75) is 6.61 Å². The van der Waals surface area contributed by atoms with Crippen molar-refractivity contribution >= 4 is 11.6 Å². The number of hydrogen-bond acceptors (Lipinski definition) is 2. The summed E-state index contributed by atoms with van der Waals surface area (Å²) in [4.78, 5) is 0. The lowest BCUT2D eigenvalue weighted by Crippen LogP contribution is -1.95. The van der Waals surface area contributed by atoms with Gasteiger partial charge in [-0.3, -0.25) is 0 Å². The molecule has 0 atom stereocenters. The highest BCUT2D eigenvalue weighted by Gasteiger charge is 2.03. The Morgan fingerprint density at radius 1 is 1.12 bits per heavy atom. The van der Waals surface area contributed by atoms with E-state index in [9.17, 15) is 0 Å². The van der Waals surface area contributed by atoms with Crippen LogP contribution in [0.3, 0.4) is 0 Å². The van der Waals surface area contributed by atoms with E-state index < -0.39 is 0 Å². The topological polar surface area (TPSA) is 33.0 Å². The fourth-order valence-corrected chi connectivity index (χ4v) is 1.66. The zero-order chi connectivity index (χ0) is 12.1. The number of rotatable bonds is 3. The molecule has 0 bridgehead atoms. The second kappa shape index (κ2) is 5.38. The third-order valence-electron chi connectivity index (χ3n) is 2.30. The minimum atomic E-state index is 0.458. The minimum absolute atomic E-state index is 0.458. The molecule has 0 fully saturated rings. The summed E-state index contributed by atoms with van der Waals surface area (Å²) in [6.45, 7) is 0.465. The van der Waals surface area contributed by atoms with Gasteiger partial charge >= 0.3 is 0 Å². The first-order valence-electron chi connectivity index (χ1n) is 5.16. The van der Waals surface area contributed by atoms with Crippen LogP contribution in [0.15, 0.2) is 48.5 Å². The van der Waals surface area contributed by atoms with E-state index in [1.165, 1.54) is 0 Å². The summed E-state index contributed by atoms with van der Waals surface area (Å²) in [5.74, 6) is 0.592. The monoisotopic (exact) mass is 243 g/mol. The zero-order valence-electron chi connectivity index (χ0n) is 9.06. The van der Waals surface area contributed by atoms with Crippen molar-refractivity contribution in [2.75, 3.05) is 0 Å². The van der Waals surface area contributed by atoms with Gasteiger partial charge in [0, 0.05) is 0 Å². The summed E-state index contributed by atoms with van der Waals surface area (Å²) < 4.78 is 5.58. The molecule has 2 aromatic rings. The Balaban J connectivity index is 2.08. The molecule has 17 heavy (non-hydrogen) atoms. The number of nitrogens with zero attached hydrogens (tertiary/aromatic N) is 1. The number of nitriles is 1. The van der Waals surface area contributed by atoms with Crippen molar-refractivity contribution < 1.29 is 4.74 Å². The van der Waals surface area contributed by atoms with Crippen LogP contribution in [0.1, 0.15) is 11.1 Å². The highest BCUT2D eigenvalue weighted by molar-refractivity contribution is 6.32. The standard InChI is InChI=1S/C14H10ClNO/c15-13-8-12(9-16)6-7-14(13)17-10-11-4-2-1-3-5-11/h1-8H,10H2. The van der Waals surface area contributed by atoms with E-state index in [2.05, 4.69) is 0 Å². The van der Waals surface area contributed by atoms with Crippen LogP contribution in [0.5, 0.6) is 5.75 Å². The molecule has 3 heteroatoms. The average molecular weight is 244 g/mol. The van der Waals surface area contributed by atoms with Crippen LogP contribution >= 0.6 is 11.6 Å². The van der Waals surface area contributed by atoms with Crippen molar-refractivity contribution in [1.29, 1.82) is 5.26 Å². The Morgan fingerprint density at radius 2 is 1.88 bits per heavy atom. The van der Waals surface area contributed by atoms with E-state index in [1.807, 2.05) is 36.4 Å². The maximum atomic E-state index is 8.71. The predicted octanol–water partition coefficient (Wildman–Crippen LogP) is 3.79. The van der Waals surface area contributed by atoms with Crippen LogP contribution in [0.4, 0.5) is 0 Å². The molecular formula is C14H10ClNO. The van der Waals surface area contributed by atoms with Crippen LogP contribution in [0, 0.1) is 11.3 Å². The Hall–Kier alpha value is -1.98. The highest BCUT2D eigenvalue weighted by atomic mass is 35.5. The molecule has 0 aromatic heterocycles. The largest absolute Gasteiger partial charge is 0.487 e. The molecule has 0 aliphatic carbocycles. The molecule has 0 amide bonds. The first kappa shape index (κ1) is 11.5. The minimum Gasteiger partial charge on any atom is -0.487 e. The molecule has 2 nitrogen and oxygen atoms in total. The molecule has 84 valence electrons. The van der Waals surface area contributed by atoms with Gasteiger partial charge in [-0.05, 0) is 23.8 Å². The van der Waals surface area contributed by atoms with E-state index in [0.29, 0.717) is 22.9 Å². The van der Waals surface area contributed by atoms with Gasteiger partial charge in [0.25, 0.3) is 0 Å². The molecular weight excluding hydrogens is 234 g/mol. The maximum Gasteiger partial charge on any atom is 0.138 e. The van der Waals surface area contributed by atoms with Gasteiger partial charge in [0.05, 0.1) is 16.7 Å². The third-order valence-corrected chi connectivity index (χ3v) is 2.59. The smallest absolute Gasteiger partial charge is 0.138 e. The van der Waals surface area contributed by atoms with Crippen molar-refractivity contribution in [3.63, 3.8) is 0 Å². The Bertz CT molecular complexity index is 546. The van der Waals surface area contributed by atoms with E-state index in [0.717, 1.165) is 5.56 Å². The fraction of sp³-hybridized carbons (Fsp3) is 0.0714. The molecule has 0 aliphatic rings. The quantitative estimate of drug-likeness (QED) is 0.822. The summed E-state index contributed by atoms with van der Waals surface area (Å²) in [5.41, 5.74) is 1.61. The van der Waals surface area contributed by atoms with Crippen molar-refractivity contribution in [3.8, 4) is 11.8 Å². The maximum absolute atomic E-state index is 8.71. The highest BCUT2D eigenvalue weighted by Crippen LogP contribution is 2.25. The second-order valence-electron chi connectivity index (χ2n) is 3.53. The zero-order valence-corrected chi connectivity index (χ0v) is 9.82. The Morgan fingerprint density at radius 3 is 2.53 bits per heavy atom. The number of ether oxygens (including phenoxy) is 1. The van der Waals surface area contributed by atoms with Gasteiger partial charge in [0.2, 0.25) is 0 Å². The van der Waals surface area contributed by atoms with Crippen LogP contribution in [-0.4, -0.2) is 0 Å². The number of benzene rings is 2. The summed E-state index contributed by atoms with van der Waals surface area (Å²) in [6.07, 6.45) is 0. The molecule has 0 radical (unpaired) electrons. The molecule has 0 heterocycles. The summed E-state index contributed by atoms with van der Waals surface area (Å²) in [7, 11) is 0. The van der Waals surface area contributed by atoms with Crippen LogP contribution < -0.4 is 4.74 Å². The lowest BCUT2D eigenvalue weighted by molar-refractivity contribution is 0.306. The Kier molecular flexibility index (Phi) is 3.64. The molecule has 0 spiro atoms. The van der Waals surface area contributed by atoms with Crippen LogP contribution in [0.25, 0.3) is 0 Å². The first-order valence-corrected chi connectivity index (χ1v) is 5.54. The normalized spacial score (nSPS) is 9.65. The summed E-state index contributed by atoms with van der Waals surface area (Å²) in [6, 6.07) is 16.9. The molecule has 0 aliphatic heterocycles. The van der Waals surface area contributed by atoms with Gasteiger partial charge in [-0.1, -0.05) is 41.9 Å². The molecule has 2 rings (SSSR count). The third kappa shape index (κ3) is 2.99. The first-order chi connectivity index (χ1) is 8.29. The van der Waals surface area contributed by atoms with E-state index >= 15 is 0 Å². The summed E-state index contributed by atoms with van der Waals surface area (Å²) >= 11 is 6.00. The number of hydrogen-bond donors (Lipinski definition) is 0. The molecule has 0 N–H and O–H groups in total. The molecule has 0 saturated heterocycles. The molecule has 0 unspecified atom stereocenters. The van der Waals surface area contributed by atoms with Crippen LogP contribution in [-0.2, 0) is 6.61 Å². The van der Waals surface area contributed by atoms with E-state index in [4.69, 9.17) is 21.6 Å². The van der Waals surface area contributed by atoms with E-state index in [-0.39, 0.29) is 0 Å². The van der Waals surface area contributed by atoms with Gasteiger partial charge in [0.1, 0.15) is 12.4 Å². The van der Waals surface area contributed by atoms with Gasteiger partial charge in [-0.15, -0.1) is 0 Å². The van der Waals surface area contributed by atoms with Crippen LogP contribution in [0.2, 0.25) is 5.02 Å². The fourth-order valence-electron chi connectivity index (χ4n) is 1.42. The van der Waals surface area contributed by atoms with E-state index in [1.54, 1.807) is 18.2 Å². The number of halogens is 1. The molecule has 2 aromatic carbocycles. The average Bonchev–Trinajstić information content (AvgIpc) is 2.38. The predicted molar refractivity (Wildman–Crippen MR) is 66.9 cm³/mol. The van der Waals surface area contributed by atoms with Crippen molar-refractivity contribution in [2.24, 2.45) is 0 Å². The second-order valence-corrected chi connectivity index (χ2v) is 3.94.